The van der Waals surface area contributed by atoms with Crippen LogP contribution in [0, 0.1) is 25.7 Å². The highest BCUT2D eigenvalue weighted by atomic mass is 32.1. The number of nitrogens with zero attached hydrogens (tertiary/aromatic N) is 1. The van der Waals surface area contributed by atoms with Gasteiger partial charge in [0.05, 0.1) is 11.7 Å². The van der Waals surface area contributed by atoms with Crippen LogP contribution in [0.4, 0.5) is 0 Å². The van der Waals surface area contributed by atoms with E-state index in [1.165, 1.54) is 15.6 Å². The second-order valence-electron chi connectivity index (χ2n) is 4.40. The van der Waals surface area contributed by atoms with E-state index in [1.807, 2.05) is 11.3 Å². The zero-order chi connectivity index (χ0) is 9.87. The van der Waals surface area contributed by atoms with E-state index in [4.69, 9.17) is 5.73 Å². The van der Waals surface area contributed by atoms with Gasteiger partial charge in [-0.2, -0.15) is 0 Å². The first-order valence-electron chi connectivity index (χ1n) is 5.11. The van der Waals surface area contributed by atoms with Gasteiger partial charge >= 0.3 is 0 Å². The van der Waals surface area contributed by atoms with E-state index in [9.17, 15) is 0 Å². The largest absolute Gasteiger partial charge is 0.327 e. The Hall–Kier alpha value is -0.450. The monoisotopic (exact) mass is 209 g/mol. The molecule has 0 spiro atoms. The number of nitrogens with one attached hydrogen (secondary N) is 1. The molecule has 2 heterocycles. The summed E-state index contributed by atoms with van der Waals surface area (Å²) in [7, 11) is 0. The van der Waals surface area contributed by atoms with Gasteiger partial charge in [-0.05, 0) is 19.8 Å². The molecule has 1 aliphatic heterocycles. The Kier molecular flexibility index (Phi) is 1.75. The van der Waals surface area contributed by atoms with Crippen molar-refractivity contribution in [3.63, 3.8) is 0 Å². The molecular formula is C10H15N3S. The molecule has 1 saturated carbocycles. The highest BCUT2D eigenvalue weighted by Crippen LogP contribution is 2.51. The minimum absolute atomic E-state index is 0.422. The van der Waals surface area contributed by atoms with Crippen molar-refractivity contribution < 1.29 is 0 Å². The van der Waals surface area contributed by atoms with Crippen LogP contribution in [0.5, 0.6) is 0 Å². The molecule has 1 aliphatic carbocycles. The summed E-state index contributed by atoms with van der Waals surface area (Å²) in [5, 5.41) is 4.75. The Labute approximate surface area is 87.7 Å². The molecule has 1 aromatic rings. The van der Waals surface area contributed by atoms with Gasteiger partial charge in [0, 0.05) is 23.4 Å². The molecule has 2 fully saturated rings. The summed E-state index contributed by atoms with van der Waals surface area (Å²) in [6.45, 7) is 5.29. The lowest BCUT2D eigenvalue weighted by Gasteiger charge is -2.10. The summed E-state index contributed by atoms with van der Waals surface area (Å²) in [5.74, 6) is 1.37. The van der Waals surface area contributed by atoms with Gasteiger partial charge in [-0.15, -0.1) is 11.3 Å². The molecule has 3 nitrogen and oxygen atoms in total. The summed E-state index contributed by atoms with van der Waals surface area (Å²) >= 11 is 1.81. The second kappa shape index (κ2) is 2.78. The number of rotatable bonds is 1. The summed E-state index contributed by atoms with van der Waals surface area (Å²) in [6, 6.07) is 0.859. The fourth-order valence-corrected chi connectivity index (χ4v) is 3.51. The molecule has 0 bridgehead atoms. The zero-order valence-electron chi connectivity index (χ0n) is 8.45. The molecule has 0 amide bonds. The van der Waals surface area contributed by atoms with E-state index >= 15 is 0 Å². The van der Waals surface area contributed by atoms with E-state index < -0.39 is 0 Å². The van der Waals surface area contributed by atoms with Crippen LogP contribution in [0.2, 0.25) is 0 Å². The van der Waals surface area contributed by atoms with Crippen LogP contribution in [0.1, 0.15) is 21.6 Å². The first-order chi connectivity index (χ1) is 6.68. The van der Waals surface area contributed by atoms with Crippen molar-refractivity contribution in [3.05, 3.63) is 15.6 Å². The number of hydrogen-bond acceptors (Lipinski definition) is 4. The highest BCUT2D eigenvalue weighted by molar-refractivity contribution is 7.11. The Morgan fingerprint density at radius 1 is 1.50 bits per heavy atom. The molecule has 76 valence electrons. The van der Waals surface area contributed by atoms with Gasteiger partial charge in [-0.3, -0.25) is 0 Å². The molecule has 2 aliphatic rings. The summed E-state index contributed by atoms with van der Waals surface area (Å²) < 4.78 is 0. The SMILES string of the molecule is Cc1nc(C2NCC3C(N)C23)sc1C. The molecule has 3 N–H and O–H groups in total. The fraction of sp³-hybridized carbons (Fsp3) is 0.700. The molecule has 4 heteroatoms. The van der Waals surface area contributed by atoms with Crippen molar-refractivity contribution in [3.8, 4) is 0 Å². The highest BCUT2D eigenvalue weighted by Gasteiger charge is 2.57. The van der Waals surface area contributed by atoms with Crippen molar-refractivity contribution in [2.24, 2.45) is 17.6 Å². The van der Waals surface area contributed by atoms with E-state index in [1.54, 1.807) is 0 Å². The van der Waals surface area contributed by atoms with Gasteiger partial charge in [0.1, 0.15) is 5.01 Å². The van der Waals surface area contributed by atoms with Gasteiger partial charge in [0.2, 0.25) is 0 Å². The van der Waals surface area contributed by atoms with Gasteiger partial charge in [0.25, 0.3) is 0 Å². The Morgan fingerprint density at radius 2 is 2.29 bits per heavy atom. The van der Waals surface area contributed by atoms with Gasteiger partial charge in [-0.1, -0.05) is 0 Å². The van der Waals surface area contributed by atoms with Crippen molar-refractivity contribution in [1.82, 2.24) is 10.3 Å². The molecule has 3 rings (SSSR count). The summed E-state index contributed by atoms with van der Waals surface area (Å²) in [5.41, 5.74) is 7.15. The topological polar surface area (TPSA) is 50.9 Å². The predicted molar refractivity (Wildman–Crippen MR) is 57.3 cm³/mol. The number of aromatic nitrogens is 1. The smallest absolute Gasteiger partial charge is 0.110 e. The Bertz CT molecular complexity index is 354. The lowest BCUT2D eigenvalue weighted by atomic mass is 10.2. The third kappa shape index (κ3) is 1.08. The van der Waals surface area contributed by atoms with Crippen molar-refractivity contribution in [2.75, 3.05) is 6.54 Å². The van der Waals surface area contributed by atoms with Crippen molar-refractivity contribution in [2.45, 2.75) is 25.9 Å². The maximum atomic E-state index is 5.98. The van der Waals surface area contributed by atoms with Gasteiger partial charge in [-0.25, -0.2) is 4.98 Å². The number of nitrogens with two attached hydrogens (primary N) is 1. The molecule has 0 aromatic carbocycles. The average Bonchev–Trinajstić information content (AvgIpc) is 2.54. The molecule has 1 saturated heterocycles. The van der Waals surface area contributed by atoms with Crippen LogP contribution in [0.15, 0.2) is 0 Å². The van der Waals surface area contributed by atoms with Crippen LogP contribution < -0.4 is 11.1 Å². The number of thiazole rings is 1. The number of piperidine rings is 1. The quantitative estimate of drug-likeness (QED) is 0.725. The van der Waals surface area contributed by atoms with E-state index in [2.05, 4.69) is 24.1 Å². The van der Waals surface area contributed by atoms with E-state index in [-0.39, 0.29) is 0 Å². The number of aryl methyl sites for hydroxylation is 2. The van der Waals surface area contributed by atoms with Crippen molar-refractivity contribution >= 4 is 11.3 Å². The third-order valence-corrected chi connectivity index (χ3v) is 4.72. The maximum absolute atomic E-state index is 5.98. The number of fused-ring (bicyclic) bond motifs is 1. The Balaban J connectivity index is 1.89. The van der Waals surface area contributed by atoms with Crippen LogP contribution in [0.3, 0.4) is 0 Å². The fourth-order valence-electron chi connectivity index (χ4n) is 2.45. The van der Waals surface area contributed by atoms with Crippen LogP contribution >= 0.6 is 11.3 Å². The van der Waals surface area contributed by atoms with Crippen molar-refractivity contribution in [1.29, 1.82) is 0 Å². The van der Waals surface area contributed by atoms with Crippen LogP contribution in [0.25, 0.3) is 0 Å². The molecule has 4 unspecified atom stereocenters. The van der Waals surface area contributed by atoms with Crippen LogP contribution in [-0.4, -0.2) is 17.6 Å². The predicted octanol–water partition coefficient (Wildman–Crippen LogP) is 0.978. The molecule has 14 heavy (non-hydrogen) atoms. The third-order valence-electron chi connectivity index (χ3n) is 3.56. The maximum Gasteiger partial charge on any atom is 0.110 e. The van der Waals surface area contributed by atoms with Gasteiger partial charge < -0.3 is 11.1 Å². The normalized spacial score (nSPS) is 39.9. The summed E-state index contributed by atoms with van der Waals surface area (Å²) in [6.07, 6.45) is 0. The minimum atomic E-state index is 0.422. The molecule has 1 aromatic heterocycles. The van der Waals surface area contributed by atoms with Gasteiger partial charge in [0.15, 0.2) is 0 Å². The Morgan fingerprint density at radius 3 is 2.79 bits per heavy atom. The first-order valence-corrected chi connectivity index (χ1v) is 5.93. The minimum Gasteiger partial charge on any atom is -0.327 e. The van der Waals surface area contributed by atoms with Crippen LogP contribution in [-0.2, 0) is 0 Å². The zero-order valence-corrected chi connectivity index (χ0v) is 9.27. The summed E-state index contributed by atoms with van der Waals surface area (Å²) in [4.78, 5) is 5.94. The van der Waals surface area contributed by atoms with E-state index in [0.717, 1.165) is 6.54 Å². The average molecular weight is 209 g/mol. The molecule has 4 atom stereocenters. The molecule has 0 radical (unpaired) electrons. The lowest BCUT2D eigenvalue weighted by Crippen LogP contribution is -2.25. The second-order valence-corrected chi connectivity index (χ2v) is 5.63. The van der Waals surface area contributed by atoms with E-state index in [0.29, 0.717) is 23.9 Å². The standard InChI is InChI=1S/C10H15N3S/c1-4-5(2)14-10(13-4)9-7-6(3-12-9)8(7)11/h6-9,12H,3,11H2,1-2H3. The first kappa shape index (κ1) is 8.83. The number of hydrogen-bond donors (Lipinski definition) is 2. The lowest BCUT2D eigenvalue weighted by molar-refractivity contribution is 0.534. The molecular weight excluding hydrogens is 194 g/mol.